The predicted molar refractivity (Wildman–Crippen MR) is 164 cm³/mol. The Hall–Kier alpha value is -3.52. The summed E-state index contributed by atoms with van der Waals surface area (Å²) in [5.74, 6) is 2.61. The normalized spacial score (nSPS) is 14.5. The van der Waals surface area contributed by atoms with E-state index < -0.39 is 0 Å². The third-order valence-corrected chi connectivity index (χ3v) is 8.50. The van der Waals surface area contributed by atoms with Crippen molar-refractivity contribution in [3.05, 3.63) is 130 Å². The zero-order valence-corrected chi connectivity index (χ0v) is 24.0. The Morgan fingerprint density at radius 2 is 0.769 bits per heavy atom. The van der Waals surface area contributed by atoms with Crippen molar-refractivity contribution >= 4 is 0 Å². The molecule has 0 radical (unpaired) electrons. The number of rotatable bonds is 12. The molecule has 4 rings (SSSR count). The lowest BCUT2D eigenvalue weighted by atomic mass is 9.84. The maximum Gasteiger partial charge on any atom is 0.115 e. The minimum Gasteiger partial charge on any atom is -0.508 e. The van der Waals surface area contributed by atoms with E-state index >= 15 is 0 Å². The number of hydrogen-bond acceptors (Lipinski definition) is 2. The Balaban J connectivity index is 1.33. The van der Waals surface area contributed by atoms with Gasteiger partial charge in [-0.15, -0.1) is 0 Å². The first-order chi connectivity index (χ1) is 18.9. The average molecular weight is 521 g/mol. The van der Waals surface area contributed by atoms with Crippen molar-refractivity contribution in [3.63, 3.8) is 0 Å². The number of phenols is 2. The van der Waals surface area contributed by atoms with Gasteiger partial charge in [0.05, 0.1) is 0 Å². The summed E-state index contributed by atoms with van der Waals surface area (Å²) in [5.41, 5.74) is 8.08. The summed E-state index contributed by atoms with van der Waals surface area (Å²) in [6.45, 7) is 9.14. The highest BCUT2D eigenvalue weighted by molar-refractivity contribution is 5.34. The fourth-order valence-electron chi connectivity index (χ4n) is 5.86. The lowest BCUT2D eigenvalue weighted by Gasteiger charge is -2.21. The van der Waals surface area contributed by atoms with Crippen LogP contribution in [0.3, 0.4) is 0 Å². The van der Waals surface area contributed by atoms with E-state index in [1.165, 1.54) is 33.4 Å². The van der Waals surface area contributed by atoms with Crippen molar-refractivity contribution in [1.29, 1.82) is 0 Å². The zero-order valence-electron chi connectivity index (χ0n) is 24.0. The number of benzene rings is 4. The first-order valence-corrected chi connectivity index (χ1v) is 14.6. The highest BCUT2D eigenvalue weighted by Crippen LogP contribution is 2.34. The molecule has 4 unspecified atom stereocenters. The molecule has 0 bridgehead atoms. The predicted octanol–water partition coefficient (Wildman–Crippen LogP) is 10.1. The van der Waals surface area contributed by atoms with Crippen molar-refractivity contribution in [2.45, 2.75) is 83.5 Å². The standard InChI is InChI=1S/C37H44O2/c1-5-30(34-15-19-36(38)20-16-34)23-26(3)32-11-7-28(8-12-32)25-29-9-13-33(14-10-29)27(4)24-31(6-2)35-17-21-37(39)22-18-35/h7-22,26-27,30-31,38-39H,5-6,23-25H2,1-4H3. The first kappa shape index (κ1) is 28.5. The molecule has 0 amide bonds. The van der Waals surface area contributed by atoms with Gasteiger partial charge in [-0.25, -0.2) is 0 Å². The van der Waals surface area contributed by atoms with Gasteiger partial charge < -0.3 is 10.2 Å². The summed E-state index contributed by atoms with van der Waals surface area (Å²) in [4.78, 5) is 0. The number of aromatic hydroxyl groups is 2. The van der Waals surface area contributed by atoms with Crippen molar-refractivity contribution in [2.75, 3.05) is 0 Å². The summed E-state index contributed by atoms with van der Waals surface area (Å²) in [6, 6.07) is 33.8. The van der Waals surface area contributed by atoms with Gasteiger partial charge in [0.2, 0.25) is 0 Å². The van der Waals surface area contributed by atoms with Gasteiger partial charge >= 0.3 is 0 Å². The van der Waals surface area contributed by atoms with Crippen LogP contribution in [0.5, 0.6) is 11.5 Å². The second-order valence-corrected chi connectivity index (χ2v) is 11.3. The molecule has 0 fully saturated rings. The Morgan fingerprint density at radius 3 is 1.08 bits per heavy atom. The lowest BCUT2D eigenvalue weighted by Crippen LogP contribution is -2.04. The Labute approximate surface area is 235 Å². The van der Waals surface area contributed by atoms with Gasteiger partial charge in [0.15, 0.2) is 0 Å². The van der Waals surface area contributed by atoms with Gasteiger partial charge in [0.25, 0.3) is 0 Å². The van der Waals surface area contributed by atoms with E-state index in [4.69, 9.17) is 0 Å². The van der Waals surface area contributed by atoms with E-state index in [-0.39, 0.29) is 0 Å². The molecule has 4 atom stereocenters. The lowest BCUT2D eigenvalue weighted by molar-refractivity contribution is 0.473. The summed E-state index contributed by atoms with van der Waals surface area (Å²) < 4.78 is 0. The Bertz CT molecular complexity index is 1170. The van der Waals surface area contributed by atoms with Crippen LogP contribution in [0, 0.1) is 0 Å². The molecule has 0 aliphatic heterocycles. The van der Waals surface area contributed by atoms with Crippen molar-refractivity contribution in [1.82, 2.24) is 0 Å². The summed E-state index contributed by atoms with van der Waals surface area (Å²) in [5, 5.41) is 19.2. The van der Waals surface area contributed by atoms with Crippen LogP contribution in [0.4, 0.5) is 0 Å². The Morgan fingerprint density at radius 1 is 0.462 bits per heavy atom. The van der Waals surface area contributed by atoms with E-state index in [0.717, 1.165) is 32.1 Å². The van der Waals surface area contributed by atoms with Gasteiger partial charge in [-0.2, -0.15) is 0 Å². The minimum absolute atomic E-state index is 0.331. The number of phenolic OH excluding ortho intramolecular Hbond substituents is 2. The topological polar surface area (TPSA) is 40.5 Å². The molecule has 0 saturated carbocycles. The third kappa shape index (κ3) is 7.76. The molecule has 39 heavy (non-hydrogen) atoms. The summed E-state index contributed by atoms with van der Waals surface area (Å²) in [7, 11) is 0. The second kappa shape index (κ2) is 13.5. The highest BCUT2D eigenvalue weighted by Gasteiger charge is 2.17. The van der Waals surface area contributed by atoms with E-state index in [1.54, 1.807) is 24.3 Å². The number of hydrogen-bond donors (Lipinski definition) is 2. The van der Waals surface area contributed by atoms with Gasteiger partial charge in [-0.3, -0.25) is 0 Å². The highest BCUT2D eigenvalue weighted by atomic mass is 16.3. The van der Waals surface area contributed by atoms with Gasteiger partial charge in [-0.05, 0) is 113 Å². The molecular formula is C37H44O2. The largest absolute Gasteiger partial charge is 0.508 e. The summed E-state index contributed by atoms with van der Waals surface area (Å²) >= 11 is 0. The molecule has 0 aliphatic rings. The van der Waals surface area contributed by atoms with Crippen LogP contribution in [0.1, 0.15) is 110 Å². The molecule has 204 valence electrons. The van der Waals surface area contributed by atoms with Crippen LogP contribution in [0.2, 0.25) is 0 Å². The summed E-state index contributed by atoms with van der Waals surface area (Å²) in [6.07, 6.45) is 5.34. The molecule has 2 N–H and O–H groups in total. The maximum absolute atomic E-state index is 9.62. The molecule has 0 aliphatic carbocycles. The fourth-order valence-corrected chi connectivity index (χ4v) is 5.86. The van der Waals surface area contributed by atoms with Crippen LogP contribution in [-0.4, -0.2) is 10.2 Å². The van der Waals surface area contributed by atoms with E-state index in [1.807, 2.05) is 0 Å². The zero-order chi connectivity index (χ0) is 27.8. The maximum atomic E-state index is 9.62. The quantitative estimate of drug-likeness (QED) is 0.195. The van der Waals surface area contributed by atoms with Crippen molar-refractivity contribution in [3.8, 4) is 11.5 Å². The van der Waals surface area contributed by atoms with Gasteiger partial charge in [0.1, 0.15) is 11.5 Å². The third-order valence-electron chi connectivity index (χ3n) is 8.50. The van der Waals surface area contributed by atoms with Crippen molar-refractivity contribution < 1.29 is 10.2 Å². The molecule has 2 heteroatoms. The van der Waals surface area contributed by atoms with E-state index in [2.05, 4.69) is 100 Å². The van der Waals surface area contributed by atoms with E-state index in [0.29, 0.717) is 35.2 Å². The van der Waals surface area contributed by atoms with Crippen LogP contribution < -0.4 is 0 Å². The van der Waals surface area contributed by atoms with Crippen LogP contribution >= 0.6 is 0 Å². The fraction of sp³-hybridized carbons (Fsp3) is 0.351. The average Bonchev–Trinajstić information content (AvgIpc) is 2.96. The monoisotopic (exact) mass is 520 g/mol. The molecular weight excluding hydrogens is 476 g/mol. The molecule has 4 aromatic carbocycles. The molecule has 0 spiro atoms. The van der Waals surface area contributed by atoms with Crippen LogP contribution in [0.25, 0.3) is 0 Å². The SMILES string of the molecule is CCC(CC(C)c1ccc(Cc2ccc(C(C)CC(CC)c3ccc(O)cc3)cc2)cc1)c1ccc(O)cc1. The van der Waals surface area contributed by atoms with Crippen molar-refractivity contribution in [2.24, 2.45) is 0 Å². The molecule has 4 aromatic rings. The van der Waals surface area contributed by atoms with Gasteiger partial charge in [-0.1, -0.05) is 100 Å². The van der Waals surface area contributed by atoms with E-state index in [9.17, 15) is 10.2 Å². The smallest absolute Gasteiger partial charge is 0.115 e. The molecule has 0 aromatic heterocycles. The van der Waals surface area contributed by atoms with Crippen LogP contribution in [-0.2, 0) is 6.42 Å². The molecule has 2 nitrogen and oxygen atoms in total. The molecule has 0 heterocycles. The first-order valence-electron chi connectivity index (χ1n) is 14.6. The second-order valence-electron chi connectivity index (χ2n) is 11.3. The van der Waals surface area contributed by atoms with Crippen LogP contribution in [0.15, 0.2) is 97.1 Å². The minimum atomic E-state index is 0.331. The van der Waals surface area contributed by atoms with Gasteiger partial charge in [0, 0.05) is 0 Å². The molecule has 0 saturated heterocycles. The Kier molecular flexibility index (Phi) is 9.87.